The molecule has 12 heteroatoms. The maximum absolute atomic E-state index is 13.4. The third-order valence-electron chi connectivity index (χ3n) is 6.04. The number of thioether (sulfide) groups is 1. The van der Waals surface area contributed by atoms with Crippen molar-refractivity contribution >= 4 is 80.5 Å². The minimum absolute atomic E-state index is 0.0613. The number of hydrogen-bond acceptors (Lipinski definition) is 8. The SMILES string of the molecule is CCOc1ccc(C2/C(=C(/O)c3ccc(Cl)cc3)C(=O)C(=O)N2c2nnc(SCc3ccc(Cl)cc3Cl)s2)cc1. The molecule has 2 heterocycles. The fraction of sp³-hybridized carbons (Fsp3) is 0.143. The number of carbonyl (C=O) groups is 2. The Labute approximate surface area is 253 Å². The molecule has 0 aliphatic carbocycles. The van der Waals surface area contributed by atoms with Crippen molar-refractivity contribution in [2.75, 3.05) is 11.5 Å². The topological polar surface area (TPSA) is 92.6 Å². The third-order valence-corrected chi connectivity index (χ3v) is 8.98. The summed E-state index contributed by atoms with van der Waals surface area (Å²) < 4.78 is 6.13. The Morgan fingerprint density at radius 1 is 1.00 bits per heavy atom. The van der Waals surface area contributed by atoms with Crippen LogP contribution in [0.3, 0.4) is 0 Å². The molecule has 4 aromatic rings. The number of ether oxygens (including phenoxy) is 1. The molecule has 0 spiro atoms. The van der Waals surface area contributed by atoms with E-state index in [9.17, 15) is 14.7 Å². The average molecular weight is 633 g/mol. The molecule has 5 rings (SSSR count). The highest BCUT2D eigenvalue weighted by Gasteiger charge is 2.48. The second-order valence-electron chi connectivity index (χ2n) is 8.55. The molecule has 1 N–H and O–H groups in total. The van der Waals surface area contributed by atoms with E-state index >= 15 is 0 Å². The third kappa shape index (κ3) is 5.84. The van der Waals surface area contributed by atoms with Crippen LogP contribution in [0, 0.1) is 0 Å². The fourth-order valence-electron chi connectivity index (χ4n) is 4.16. The number of hydrogen-bond donors (Lipinski definition) is 1. The van der Waals surface area contributed by atoms with Crippen molar-refractivity contribution < 1.29 is 19.4 Å². The molecule has 7 nitrogen and oxygen atoms in total. The summed E-state index contributed by atoms with van der Waals surface area (Å²) in [6.45, 7) is 2.36. The zero-order valence-corrected chi connectivity index (χ0v) is 24.7. The van der Waals surface area contributed by atoms with Gasteiger partial charge in [0.15, 0.2) is 4.34 Å². The van der Waals surface area contributed by atoms with Gasteiger partial charge in [-0.15, -0.1) is 10.2 Å². The Morgan fingerprint density at radius 3 is 2.38 bits per heavy atom. The summed E-state index contributed by atoms with van der Waals surface area (Å²) in [4.78, 5) is 28.1. The van der Waals surface area contributed by atoms with Crippen LogP contribution in [0.25, 0.3) is 5.76 Å². The molecule has 1 saturated heterocycles. The van der Waals surface area contributed by atoms with Crippen LogP contribution in [-0.4, -0.2) is 33.6 Å². The van der Waals surface area contributed by atoms with Crippen LogP contribution >= 0.6 is 57.9 Å². The quantitative estimate of drug-likeness (QED) is 0.0696. The molecule has 1 aromatic heterocycles. The number of amides is 1. The number of aliphatic hydroxyl groups excluding tert-OH is 1. The van der Waals surface area contributed by atoms with Crippen molar-refractivity contribution in [2.24, 2.45) is 0 Å². The molecule has 204 valence electrons. The number of aliphatic hydroxyl groups is 1. The molecule has 1 unspecified atom stereocenters. The Hall–Kier alpha value is -3.08. The highest BCUT2D eigenvalue weighted by atomic mass is 35.5. The molecular formula is C28H20Cl3N3O4S2. The first-order valence-electron chi connectivity index (χ1n) is 12.0. The van der Waals surface area contributed by atoms with E-state index in [2.05, 4.69) is 10.2 Å². The van der Waals surface area contributed by atoms with Crippen molar-refractivity contribution in [3.8, 4) is 5.75 Å². The number of carbonyl (C=O) groups excluding carboxylic acids is 2. The van der Waals surface area contributed by atoms with Crippen molar-refractivity contribution in [1.82, 2.24) is 10.2 Å². The van der Waals surface area contributed by atoms with Crippen molar-refractivity contribution in [3.63, 3.8) is 0 Å². The molecular weight excluding hydrogens is 613 g/mol. The number of benzene rings is 3. The molecule has 0 bridgehead atoms. The number of rotatable bonds is 8. The minimum atomic E-state index is -0.942. The van der Waals surface area contributed by atoms with Crippen LogP contribution in [-0.2, 0) is 15.3 Å². The monoisotopic (exact) mass is 631 g/mol. The van der Waals surface area contributed by atoms with E-state index in [-0.39, 0.29) is 16.5 Å². The Kier molecular flexibility index (Phi) is 8.68. The molecule has 1 aliphatic heterocycles. The van der Waals surface area contributed by atoms with Crippen molar-refractivity contribution in [1.29, 1.82) is 0 Å². The number of ketones is 1. The Bertz CT molecular complexity index is 1610. The Morgan fingerprint density at radius 2 is 1.70 bits per heavy atom. The first-order valence-corrected chi connectivity index (χ1v) is 14.9. The number of aromatic nitrogens is 2. The lowest BCUT2D eigenvalue weighted by atomic mass is 9.95. The molecule has 1 aliphatic rings. The van der Waals surface area contributed by atoms with Gasteiger partial charge in [0, 0.05) is 26.4 Å². The molecule has 0 radical (unpaired) electrons. The fourth-order valence-corrected chi connectivity index (χ4v) is 6.71. The average Bonchev–Trinajstić information content (AvgIpc) is 3.51. The lowest BCUT2D eigenvalue weighted by Crippen LogP contribution is -2.29. The van der Waals surface area contributed by atoms with Gasteiger partial charge in [0.25, 0.3) is 5.78 Å². The van der Waals surface area contributed by atoms with Crippen molar-refractivity contribution in [3.05, 3.63) is 104 Å². The predicted molar refractivity (Wildman–Crippen MR) is 160 cm³/mol. The van der Waals surface area contributed by atoms with E-state index in [1.165, 1.54) is 16.7 Å². The summed E-state index contributed by atoms with van der Waals surface area (Å²) in [6, 6.07) is 17.7. The summed E-state index contributed by atoms with van der Waals surface area (Å²) in [7, 11) is 0. The van der Waals surface area contributed by atoms with E-state index in [1.807, 2.05) is 13.0 Å². The Balaban J connectivity index is 1.52. The van der Waals surface area contributed by atoms with Crippen LogP contribution in [0.1, 0.15) is 29.7 Å². The van der Waals surface area contributed by atoms with Crippen LogP contribution in [0.15, 0.2) is 76.6 Å². The number of nitrogens with zero attached hydrogens (tertiary/aromatic N) is 3. The molecule has 0 saturated carbocycles. The standard InChI is InChI=1S/C28H20Cl3N3O4S2/c1-2-38-20-11-6-15(7-12-20)23-22(24(35)16-3-8-18(29)9-4-16)25(36)26(37)34(23)27-32-33-28(40-27)39-14-17-5-10-19(30)13-21(17)31/h3-13,23,35H,2,14H2,1H3/b24-22-. The number of anilines is 1. The highest BCUT2D eigenvalue weighted by molar-refractivity contribution is 8.00. The van der Waals surface area contributed by atoms with Gasteiger partial charge in [-0.05, 0) is 66.6 Å². The van der Waals surface area contributed by atoms with Crippen LogP contribution in [0.2, 0.25) is 15.1 Å². The van der Waals surface area contributed by atoms with Crippen molar-refractivity contribution in [2.45, 2.75) is 23.1 Å². The zero-order valence-electron chi connectivity index (χ0n) is 20.8. The molecule has 1 amide bonds. The van der Waals surface area contributed by atoms with Gasteiger partial charge < -0.3 is 9.84 Å². The maximum atomic E-state index is 13.4. The predicted octanol–water partition coefficient (Wildman–Crippen LogP) is 7.82. The minimum Gasteiger partial charge on any atom is -0.507 e. The van der Waals surface area contributed by atoms with Crippen LogP contribution in [0.5, 0.6) is 5.75 Å². The number of halogens is 3. The van der Waals surface area contributed by atoms with Crippen LogP contribution < -0.4 is 9.64 Å². The van der Waals surface area contributed by atoms with Gasteiger partial charge in [-0.25, -0.2) is 0 Å². The zero-order chi connectivity index (χ0) is 28.4. The smallest absolute Gasteiger partial charge is 0.301 e. The maximum Gasteiger partial charge on any atom is 0.301 e. The van der Waals surface area contributed by atoms with Gasteiger partial charge >= 0.3 is 5.91 Å². The van der Waals surface area contributed by atoms with E-state index < -0.39 is 17.7 Å². The van der Waals surface area contributed by atoms with E-state index in [0.29, 0.717) is 48.6 Å². The molecule has 1 fully saturated rings. The number of Topliss-reactive ketones (excluding diaryl/α,β-unsaturated/α-hetero) is 1. The molecule has 1 atom stereocenters. The first kappa shape index (κ1) is 28.4. The second-order valence-corrected chi connectivity index (χ2v) is 12.0. The van der Waals surface area contributed by atoms with E-state index in [0.717, 1.165) is 16.9 Å². The van der Waals surface area contributed by atoms with Gasteiger partial charge in [-0.1, -0.05) is 76.1 Å². The molecule has 3 aromatic carbocycles. The summed E-state index contributed by atoms with van der Waals surface area (Å²) in [6.07, 6.45) is 0. The van der Waals surface area contributed by atoms with Crippen LogP contribution in [0.4, 0.5) is 5.13 Å². The van der Waals surface area contributed by atoms with Gasteiger partial charge in [-0.2, -0.15) is 0 Å². The lowest BCUT2D eigenvalue weighted by Gasteiger charge is -2.22. The largest absolute Gasteiger partial charge is 0.507 e. The van der Waals surface area contributed by atoms with Gasteiger partial charge in [0.2, 0.25) is 5.13 Å². The molecule has 40 heavy (non-hydrogen) atoms. The normalized spacial score (nSPS) is 16.5. The van der Waals surface area contributed by atoms with E-state index in [4.69, 9.17) is 39.5 Å². The highest BCUT2D eigenvalue weighted by Crippen LogP contribution is 2.44. The van der Waals surface area contributed by atoms with E-state index in [1.54, 1.807) is 60.7 Å². The second kappa shape index (κ2) is 12.2. The summed E-state index contributed by atoms with van der Waals surface area (Å²) >= 11 is 20.9. The van der Waals surface area contributed by atoms with Gasteiger partial charge in [0.05, 0.1) is 18.2 Å². The first-order chi connectivity index (χ1) is 19.3. The van der Waals surface area contributed by atoms with Gasteiger partial charge in [0.1, 0.15) is 11.5 Å². The summed E-state index contributed by atoms with van der Waals surface area (Å²) in [5.74, 6) is -0.821. The summed E-state index contributed by atoms with van der Waals surface area (Å²) in [5, 5.41) is 21.5. The van der Waals surface area contributed by atoms with Gasteiger partial charge in [-0.3, -0.25) is 14.5 Å². The lowest BCUT2D eigenvalue weighted by molar-refractivity contribution is -0.132. The summed E-state index contributed by atoms with van der Waals surface area (Å²) in [5.41, 5.74) is 1.75.